The third kappa shape index (κ3) is 3.72. The van der Waals surface area contributed by atoms with Crippen molar-refractivity contribution < 1.29 is 4.74 Å². The Hall–Kier alpha value is -2.02. The second kappa shape index (κ2) is 7.25. The van der Waals surface area contributed by atoms with Gasteiger partial charge in [-0.05, 0) is 0 Å². The van der Waals surface area contributed by atoms with Crippen molar-refractivity contribution in [3.8, 4) is 5.75 Å². The van der Waals surface area contributed by atoms with Gasteiger partial charge in [0.15, 0.2) is 0 Å². The zero-order valence-corrected chi connectivity index (χ0v) is 16.3. The second-order valence-corrected chi connectivity index (χ2v) is 8.88. The van der Waals surface area contributed by atoms with Crippen LogP contribution in [-0.2, 0) is 0 Å². The van der Waals surface area contributed by atoms with Crippen LogP contribution in [0.4, 0.5) is 5.69 Å². The fourth-order valence-electron chi connectivity index (χ4n) is 2.43. The van der Waals surface area contributed by atoms with Crippen LogP contribution >= 0.6 is 0 Å². The number of anilines is 1. The van der Waals surface area contributed by atoms with Crippen LogP contribution in [0.3, 0.4) is 0 Å². The average molecular weight is 433 g/mol. The quantitative estimate of drug-likeness (QED) is 0.591. The van der Waals surface area contributed by atoms with E-state index in [0.29, 0.717) is 0 Å². The molecule has 0 amide bonds. The molecule has 0 radical (unpaired) electrons. The molecule has 4 heteroatoms. The van der Waals surface area contributed by atoms with Gasteiger partial charge in [0, 0.05) is 0 Å². The summed E-state index contributed by atoms with van der Waals surface area (Å²) in [6.07, 6.45) is 4.15. The number of hydrogen-bond donors (Lipinski definition) is 0. The molecule has 0 atom stereocenters. The summed E-state index contributed by atoms with van der Waals surface area (Å²) in [5.41, 5.74) is 2.40. The van der Waals surface area contributed by atoms with Crippen molar-refractivity contribution in [2.75, 3.05) is 26.1 Å². The molecule has 0 aliphatic carbocycles. The van der Waals surface area contributed by atoms with Crippen LogP contribution in [0.25, 0.3) is 20.9 Å². The van der Waals surface area contributed by atoms with E-state index in [1.54, 1.807) is 13.2 Å². The molecule has 0 unspecified atom stereocenters. The molecule has 3 rings (SSSR count). The van der Waals surface area contributed by atoms with Crippen LogP contribution < -0.4 is 15.1 Å². The van der Waals surface area contributed by atoms with Gasteiger partial charge in [0.1, 0.15) is 0 Å². The topological polar surface area (TPSA) is 29.5 Å². The van der Waals surface area contributed by atoms with Crippen LogP contribution in [0.15, 0.2) is 53.3 Å². The van der Waals surface area contributed by atoms with Crippen LogP contribution in [-0.4, -0.2) is 41.6 Å². The maximum absolute atomic E-state index is 12.3. The predicted molar refractivity (Wildman–Crippen MR) is 103 cm³/mol. The molecule has 1 aromatic heterocycles. The van der Waals surface area contributed by atoms with E-state index in [9.17, 15) is 4.79 Å². The molecule has 1 heterocycles. The van der Waals surface area contributed by atoms with Crippen molar-refractivity contribution in [2.24, 2.45) is 0 Å². The summed E-state index contributed by atoms with van der Waals surface area (Å²) in [4.78, 5) is 14.4. The van der Waals surface area contributed by atoms with Crippen molar-refractivity contribution >= 4 is 47.1 Å². The summed E-state index contributed by atoms with van der Waals surface area (Å²) in [5.74, 6) is 0.816. The molecule has 0 bridgehead atoms. The first kappa shape index (κ1) is 16.8. The van der Waals surface area contributed by atoms with Gasteiger partial charge < -0.3 is 0 Å². The Morgan fingerprint density at radius 3 is 2.42 bits per heavy atom. The number of benzene rings is 2. The molecule has 122 valence electrons. The molecule has 0 saturated carbocycles. The molecule has 0 saturated heterocycles. The first-order valence-corrected chi connectivity index (χ1v) is 9.97. The van der Waals surface area contributed by atoms with Gasteiger partial charge in [-0.2, -0.15) is 0 Å². The molecule has 24 heavy (non-hydrogen) atoms. The average Bonchev–Trinajstić information content (AvgIpc) is 2.59. The van der Waals surface area contributed by atoms with Gasteiger partial charge in [-0.25, -0.2) is 0 Å². The number of ether oxygens (including phenoxy) is 1. The van der Waals surface area contributed by atoms with Gasteiger partial charge in [-0.1, -0.05) is 0 Å². The van der Waals surface area contributed by atoms with Gasteiger partial charge in [-0.3, -0.25) is 0 Å². The monoisotopic (exact) mass is 435 g/mol. The summed E-state index contributed by atoms with van der Waals surface area (Å²) in [6.45, 7) is 0. The minimum atomic E-state index is -0.573. The zero-order chi connectivity index (χ0) is 17.1. The van der Waals surface area contributed by atoms with Gasteiger partial charge in [0.25, 0.3) is 0 Å². The van der Waals surface area contributed by atoms with Crippen molar-refractivity contribution in [1.82, 2.24) is 0 Å². The fourth-order valence-corrected chi connectivity index (χ4v) is 5.31. The Kier molecular flexibility index (Phi) is 5.08. The second-order valence-electron chi connectivity index (χ2n) is 5.69. The van der Waals surface area contributed by atoms with Crippen molar-refractivity contribution in [2.45, 2.75) is 0 Å². The maximum atomic E-state index is 12.3. The number of nitrogens with zero attached hydrogens (tertiary/aromatic N) is 1. The van der Waals surface area contributed by atoms with Crippen molar-refractivity contribution in [3.05, 3.63) is 67.9 Å². The van der Waals surface area contributed by atoms with Gasteiger partial charge >= 0.3 is 152 Å². The van der Waals surface area contributed by atoms with E-state index in [-0.39, 0.29) is 5.43 Å². The molecular weight excluding hydrogens is 414 g/mol. The summed E-state index contributed by atoms with van der Waals surface area (Å²) < 4.78 is 7.57. The molecular formula is C20H19NO2Te. The number of fused-ring (bicyclic) bond motifs is 1. The molecule has 0 aliphatic heterocycles. The summed E-state index contributed by atoms with van der Waals surface area (Å²) in [6, 6.07) is 15.9. The first-order chi connectivity index (χ1) is 11.6. The van der Waals surface area contributed by atoms with Crippen LogP contribution in [0.5, 0.6) is 5.75 Å². The summed E-state index contributed by atoms with van der Waals surface area (Å²) in [7, 11) is 5.71. The third-order valence-corrected chi connectivity index (χ3v) is 6.79. The van der Waals surface area contributed by atoms with Crippen LogP contribution in [0, 0.1) is 0 Å². The zero-order valence-electron chi connectivity index (χ0n) is 13.9. The fraction of sp³-hybridized carbons (Fsp3) is 0.150. The van der Waals surface area contributed by atoms with Crippen molar-refractivity contribution in [3.63, 3.8) is 0 Å². The third-order valence-electron chi connectivity index (χ3n) is 3.80. The Bertz CT molecular complexity index is 940. The van der Waals surface area contributed by atoms with E-state index in [0.717, 1.165) is 23.7 Å². The molecule has 2 aromatic carbocycles. The van der Waals surface area contributed by atoms with E-state index in [1.165, 1.54) is 5.69 Å². The molecule has 0 fully saturated rings. The predicted octanol–water partition coefficient (Wildman–Crippen LogP) is 3.50. The molecule has 3 nitrogen and oxygen atoms in total. The van der Waals surface area contributed by atoms with Crippen LogP contribution in [0.1, 0.15) is 9.14 Å². The minimum absolute atomic E-state index is 0.0895. The van der Waals surface area contributed by atoms with Crippen molar-refractivity contribution in [1.29, 1.82) is 0 Å². The van der Waals surface area contributed by atoms with Gasteiger partial charge in [0.2, 0.25) is 0 Å². The van der Waals surface area contributed by atoms with Crippen LogP contribution in [0.2, 0.25) is 0 Å². The van der Waals surface area contributed by atoms with Gasteiger partial charge in [0.05, 0.1) is 0 Å². The molecule has 0 N–H and O–H groups in total. The Balaban J connectivity index is 1.92. The number of methoxy groups -OCH3 is 1. The molecule has 0 spiro atoms. The van der Waals surface area contributed by atoms with E-state index in [4.69, 9.17) is 4.74 Å². The molecule has 0 aliphatic rings. The first-order valence-electron chi connectivity index (χ1n) is 7.64. The number of rotatable bonds is 4. The van der Waals surface area contributed by atoms with Gasteiger partial charge in [-0.15, -0.1) is 0 Å². The summed E-state index contributed by atoms with van der Waals surface area (Å²) >= 11 is -0.573. The van der Waals surface area contributed by atoms with E-state index >= 15 is 0 Å². The summed E-state index contributed by atoms with van der Waals surface area (Å²) in [5, 5.41) is 0.825. The van der Waals surface area contributed by atoms with E-state index in [1.807, 2.05) is 32.3 Å². The number of hydrogen-bond acceptors (Lipinski definition) is 3. The Labute approximate surface area is 151 Å². The molecule has 3 aromatic rings. The standard InChI is InChI=1S/C20H19NO2Te/c1-21(2)15-7-4-14(5-8-15)6-10-17-13-19(22)18-11-9-16(23-3)12-20(18)24-17/h4-13H,1-3H3/b10-6+. The van der Waals surface area contributed by atoms with E-state index < -0.39 is 20.4 Å². The Morgan fingerprint density at radius 1 is 1.00 bits per heavy atom. The SMILES string of the molecule is COc1ccc2c(=O)cc(/C=C/c3ccc(N(C)C)cc3)[te]c2c1. The Morgan fingerprint density at radius 2 is 1.75 bits per heavy atom. The van der Waals surface area contributed by atoms with E-state index in [2.05, 4.69) is 41.3 Å². The normalized spacial score (nSPS) is 11.1.